The largest absolute Gasteiger partial charge is 0.496 e. The molecule has 0 saturated heterocycles. The number of nitrogens with zero attached hydrogens (tertiary/aromatic N) is 3. The van der Waals surface area contributed by atoms with Crippen LogP contribution in [-0.2, 0) is 0 Å². The molecule has 0 amide bonds. The van der Waals surface area contributed by atoms with Gasteiger partial charge >= 0.3 is 0 Å². The first-order valence-electron chi connectivity index (χ1n) is 8.77. The summed E-state index contributed by atoms with van der Waals surface area (Å²) in [5, 5.41) is 5.78. The van der Waals surface area contributed by atoms with Crippen molar-refractivity contribution in [3.05, 3.63) is 34.8 Å². The minimum Gasteiger partial charge on any atom is -0.496 e. The van der Waals surface area contributed by atoms with Gasteiger partial charge in [0, 0.05) is 36.0 Å². The van der Waals surface area contributed by atoms with Crippen LogP contribution in [0.1, 0.15) is 37.9 Å². The average Bonchev–Trinajstić information content (AvgIpc) is 3.12. The van der Waals surface area contributed by atoms with Crippen molar-refractivity contribution in [2.24, 2.45) is 0 Å². The molecule has 0 N–H and O–H groups in total. The molecule has 6 heteroatoms. The van der Waals surface area contributed by atoms with Crippen LogP contribution in [0.25, 0.3) is 21.6 Å². The fraction of sp³-hybridized carbons (Fsp3) is 0.400. The molecule has 0 unspecified atom stereocenters. The van der Waals surface area contributed by atoms with E-state index in [1.54, 1.807) is 23.5 Å². The molecule has 1 aromatic carbocycles. The van der Waals surface area contributed by atoms with Crippen LogP contribution in [0, 0.1) is 6.92 Å². The van der Waals surface area contributed by atoms with Crippen LogP contribution >= 0.6 is 11.3 Å². The van der Waals surface area contributed by atoms with Crippen molar-refractivity contribution in [3.63, 3.8) is 0 Å². The quantitative estimate of drug-likeness (QED) is 0.568. The summed E-state index contributed by atoms with van der Waals surface area (Å²) in [6, 6.07) is 5.93. The molecular weight excluding hydrogens is 346 g/mol. The van der Waals surface area contributed by atoms with Crippen molar-refractivity contribution < 1.29 is 9.57 Å². The van der Waals surface area contributed by atoms with E-state index in [1.165, 1.54) is 0 Å². The molecule has 0 aliphatic carbocycles. The number of methoxy groups -OCH3 is 1. The zero-order valence-electron chi connectivity index (χ0n) is 16.2. The van der Waals surface area contributed by atoms with Gasteiger partial charge in [-0.2, -0.15) is 0 Å². The SMILES string of the molecule is CCN(C)Oc1cc(-c2nc(C(C)C)cs2)nc2c(C)c(OC)ccc12. The first-order valence-corrected chi connectivity index (χ1v) is 9.65. The lowest BCUT2D eigenvalue weighted by molar-refractivity contribution is -0.0246. The van der Waals surface area contributed by atoms with E-state index < -0.39 is 0 Å². The van der Waals surface area contributed by atoms with Gasteiger partial charge in [0.15, 0.2) is 5.75 Å². The lowest BCUT2D eigenvalue weighted by Gasteiger charge is -2.18. The minimum absolute atomic E-state index is 0.393. The van der Waals surface area contributed by atoms with Gasteiger partial charge in [0.2, 0.25) is 0 Å². The molecule has 3 rings (SSSR count). The Balaban J connectivity index is 2.20. The van der Waals surface area contributed by atoms with Crippen molar-refractivity contribution in [2.75, 3.05) is 20.7 Å². The van der Waals surface area contributed by atoms with E-state index in [0.29, 0.717) is 5.92 Å². The van der Waals surface area contributed by atoms with Gasteiger partial charge < -0.3 is 9.57 Å². The molecule has 0 spiro atoms. The molecule has 3 aromatic rings. The van der Waals surface area contributed by atoms with Crippen molar-refractivity contribution in [2.45, 2.75) is 33.6 Å². The second kappa shape index (κ2) is 7.60. The Morgan fingerprint density at radius 3 is 2.58 bits per heavy atom. The van der Waals surface area contributed by atoms with Gasteiger partial charge in [-0.15, -0.1) is 16.4 Å². The van der Waals surface area contributed by atoms with Gasteiger partial charge in [0.25, 0.3) is 0 Å². The number of hydrogen-bond acceptors (Lipinski definition) is 6. The van der Waals surface area contributed by atoms with Gasteiger partial charge in [0.05, 0.1) is 18.3 Å². The van der Waals surface area contributed by atoms with Gasteiger partial charge in [-0.05, 0) is 31.9 Å². The van der Waals surface area contributed by atoms with Crippen LogP contribution in [-0.4, -0.2) is 35.7 Å². The third kappa shape index (κ3) is 3.52. The normalized spacial score (nSPS) is 11.5. The van der Waals surface area contributed by atoms with Gasteiger partial charge in [-0.25, -0.2) is 9.97 Å². The van der Waals surface area contributed by atoms with E-state index in [0.717, 1.165) is 50.9 Å². The number of aromatic nitrogens is 2. The lowest BCUT2D eigenvalue weighted by atomic mass is 10.1. The van der Waals surface area contributed by atoms with E-state index in [2.05, 4.69) is 19.2 Å². The average molecular weight is 372 g/mol. The van der Waals surface area contributed by atoms with Crippen molar-refractivity contribution >= 4 is 22.2 Å². The number of hydrogen-bond donors (Lipinski definition) is 0. The highest BCUT2D eigenvalue weighted by Crippen LogP contribution is 2.36. The highest BCUT2D eigenvalue weighted by atomic mass is 32.1. The third-order valence-electron chi connectivity index (χ3n) is 4.40. The molecule has 26 heavy (non-hydrogen) atoms. The second-order valence-corrected chi connectivity index (χ2v) is 7.42. The van der Waals surface area contributed by atoms with E-state index in [-0.39, 0.29) is 0 Å². The van der Waals surface area contributed by atoms with Crippen LogP contribution in [0.2, 0.25) is 0 Å². The number of rotatable bonds is 6. The first-order chi connectivity index (χ1) is 12.4. The summed E-state index contributed by atoms with van der Waals surface area (Å²) in [4.78, 5) is 15.7. The molecule has 138 valence electrons. The molecule has 5 nitrogen and oxygen atoms in total. The lowest BCUT2D eigenvalue weighted by Crippen LogP contribution is -2.22. The second-order valence-electron chi connectivity index (χ2n) is 6.56. The number of pyridine rings is 1. The topological polar surface area (TPSA) is 47.5 Å². The maximum Gasteiger partial charge on any atom is 0.159 e. The summed E-state index contributed by atoms with van der Waals surface area (Å²) in [5.41, 5.74) is 3.78. The highest BCUT2D eigenvalue weighted by molar-refractivity contribution is 7.13. The van der Waals surface area contributed by atoms with E-state index in [9.17, 15) is 0 Å². The monoisotopic (exact) mass is 371 g/mol. The molecular formula is C20H25N3O2S. The molecule has 0 atom stereocenters. The molecule has 0 bridgehead atoms. The number of benzene rings is 1. The standard InChI is InChI=1S/C20H25N3O2S/c1-7-23(5)25-18-10-15(20-22-16(11-26-20)12(2)3)21-19-13(4)17(24-6)9-8-14(18)19/h8-12H,7H2,1-6H3. The van der Waals surface area contributed by atoms with E-state index in [4.69, 9.17) is 19.5 Å². The fourth-order valence-electron chi connectivity index (χ4n) is 2.69. The minimum atomic E-state index is 0.393. The predicted octanol–water partition coefficient (Wildman–Crippen LogP) is 5.04. The van der Waals surface area contributed by atoms with Gasteiger partial charge in [0.1, 0.15) is 16.5 Å². The van der Waals surface area contributed by atoms with Crippen molar-refractivity contribution in [1.29, 1.82) is 0 Å². The Bertz CT molecular complexity index is 921. The number of fused-ring (bicyclic) bond motifs is 1. The highest BCUT2D eigenvalue weighted by Gasteiger charge is 2.17. The molecule has 2 aromatic heterocycles. The summed E-state index contributed by atoms with van der Waals surface area (Å²) in [7, 11) is 3.60. The predicted molar refractivity (Wildman–Crippen MR) is 107 cm³/mol. The van der Waals surface area contributed by atoms with Crippen molar-refractivity contribution in [3.8, 4) is 22.2 Å². The Labute approximate surface area is 158 Å². The van der Waals surface area contributed by atoms with E-state index in [1.807, 2.05) is 39.1 Å². The fourth-order valence-corrected chi connectivity index (χ4v) is 3.63. The van der Waals surface area contributed by atoms with E-state index >= 15 is 0 Å². The maximum absolute atomic E-state index is 6.05. The van der Waals surface area contributed by atoms with Gasteiger partial charge in [-0.3, -0.25) is 0 Å². The molecule has 0 fully saturated rings. The van der Waals surface area contributed by atoms with Crippen LogP contribution in [0.5, 0.6) is 11.5 Å². The van der Waals surface area contributed by atoms with Crippen LogP contribution in [0.4, 0.5) is 0 Å². The number of ether oxygens (including phenoxy) is 1. The molecule has 0 radical (unpaired) electrons. The number of aryl methyl sites for hydroxylation is 1. The first kappa shape index (κ1) is 18.6. The Kier molecular flexibility index (Phi) is 5.44. The molecule has 0 aliphatic heterocycles. The van der Waals surface area contributed by atoms with Crippen LogP contribution in [0.3, 0.4) is 0 Å². The van der Waals surface area contributed by atoms with Crippen molar-refractivity contribution in [1.82, 2.24) is 15.0 Å². The summed E-state index contributed by atoms with van der Waals surface area (Å²) in [6.07, 6.45) is 0. The number of thiazole rings is 1. The summed E-state index contributed by atoms with van der Waals surface area (Å²) >= 11 is 1.61. The maximum atomic E-state index is 6.05. The summed E-state index contributed by atoms with van der Waals surface area (Å²) in [6.45, 7) is 9.14. The Morgan fingerprint density at radius 1 is 1.19 bits per heavy atom. The summed E-state index contributed by atoms with van der Waals surface area (Å²) < 4.78 is 5.47. The zero-order chi connectivity index (χ0) is 18.8. The van der Waals surface area contributed by atoms with Gasteiger partial charge in [-0.1, -0.05) is 13.8 Å². The zero-order valence-corrected chi connectivity index (χ0v) is 17.0. The molecule has 0 aliphatic rings. The molecule has 0 saturated carbocycles. The third-order valence-corrected chi connectivity index (χ3v) is 5.28. The Morgan fingerprint density at radius 2 is 1.96 bits per heavy atom. The molecule has 2 heterocycles. The smallest absolute Gasteiger partial charge is 0.159 e. The Hall–Kier alpha value is -2.18. The number of hydroxylamine groups is 2. The van der Waals surface area contributed by atoms with Crippen LogP contribution in [0.15, 0.2) is 23.6 Å². The van der Waals surface area contributed by atoms with Crippen LogP contribution < -0.4 is 9.57 Å². The summed E-state index contributed by atoms with van der Waals surface area (Å²) in [5.74, 6) is 1.99.